The maximum Gasteiger partial charge on any atom is 0.168 e. The molecule has 1 atom stereocenters. The molecule has 1 aliphatic carbocycles. The van der Waals surface area contributed by atoms with Gasteiger partial charge < -0.3 is 10.2 Å². The molecular weight excluding hydrogens is 176 g/mol. The van der Waals surface area contributed by atoms with Crippen LogP contribution >= 0.6 is 0 Å². The summed E-state index contributed by atoms with van der Waals surface area (Å²) in [6, 6.07) is 0. The Labute approximate surface area is 86.6 Å². The van der Waals surface area contributed by atoms with Crippen LogP contribution in [-0.4, -0.2) is 16.0 Å². The van der Waals surface area contributed by atoms with Crippen LogP contribution in [0.25, 0.3) is 0 Å². The Morgan fingerprint density at radius 1 is 1.00 bits per heavy atom. The van der Waals surface area contributed by atoms with Crippen LogP contribution in [0.2, 0.25) is 0 Å². The first-order valence-corrected chi connectivity index (χ1v) is 5.74. The van der Waals surface area contributed by atoms with Crippen molar-refractivity contribution in [2.75, 3.05) is 0 Å². The van der Waals surface area contributed by atoms with Gasteiger partial charge in [-0.2, -0.15) is 0 Å². The van der Waals surface area contributed by atoms with Gasteiger partial charge in [0.15, 0.2) is 5.79 Å². The standard InChI is InChI=1S/C12H22O2/c1-2-11-9-7-5-3-4-6-8-10-12(11,13)14/h2,11,13-14H,1,3-10H2. The van der Waals surface area contributed by atoms with Gasteiger partial charge in [0.05, 0.1) is 0 Å². The van der Waals surface area contributed by atoms with Gasteiger partial charge in [-0.15, -0.1) is 6.58 Å². The van der Waals surface area contributed by atoms with Crippen LogP contribution in [0.4, 0.5) is 0 Å². The Bertz CT molecular complexity index is 175. The lowest BCUT2D eigenvalue weighted by atomic mass is 9.87. The molecule has 1 aliphatic rings. The van der Waals surface area contributed by atoms with E-state index in [0.29, 0.717) is 6.42 Å². The molecule has 0 saturated heterocycles. The number of hydrogen-bond donors (Lipinski definition) is 2. The Morgan fingerprint density at radius 2 is 1.57 bits per heavy atom. The van der Waals surface area contributed by atoms with Crippen molar-refractivity contribution < 1.29 is 10.2 Å². The lowest BCUT2D eigenvalue weighted by Gasteiger charge is -2.30. The molecule has 0 aromatic carbocycles. The maximum atomic E-state index is 9.84. The molecule has 14 heavy (non-hydrogen) atoms. The van der Waals surface area contributed by atoms with E-state index in [1.807, 2.05) is 0 Å². The average molecular weight is 198 g/mol. The smallest absolute Gasteiger partial charge is 0.168 e. The predicted molar refractivity (Wildman–Crippen MR) is 57.8 cm³/mol. The third-order valence-corrected chi connectivity index (χ3v) is 3.19. The minimum atomic E-state index is -1.51. The highest BCUT2D eigenvalue weighted by molar-refractivity contribution is 4.89. The summed E-state index contributed by atoms with van der Waals surface area (Å²) < 4.78 is 0. The minimum absolute atomic E-state index is 0.152. The highest BCUT2D eigenvalue weighted by Gasteiger charge is 2.31. The fourth-order valence-electron chi connectivity index (χ4n) is 2.18. The first-order valence-electron chi connectivity index (χ1n) is 5.74. The summed E-state index contributed by atoms with van der Waals surface area (Å²) in [4.78, 5) is 0. The second-order valence-corrected chi connectivity index (χ2v) is 4.38. The Balaban J connectivity index is 2.54. The van der Waals surface area contributed by atoms with Crippen molar-refractivity contribution in [2.24, 2.45) is 5.92 Å². The molecule has 2 N–H and O–H groups in total. The average Bonchev–Trinajstić information content (AvgIpc) is 2.15. The van der Waals surface area contributed by atoms with E-state index in [0.717, 1.165) is 25.7 Å². The summed E-state index contributed by atoms with van der Waals surface area (Å²) in [6.07, 6.45) is 9.88. The molecule has 1 rings (SSSR count). The van der Waals surface area contributed by atoms with Gasteiger partial charge in [0.1, 0.15) is 0 Å². The first-order chi connectivity index (χ1) is 6.67. The van der Waals surface area contributed by atoms with E-state index < -0.39 is 5.79 Å². The zero-order chi connectivity index (χ0) is 10.4. The molecule has 1 fully saturated rings. The van der Waals surface area contributed by atoms with E-state index in [9.17, 15) is 10.2 Å². The predicted octanol–water partition coefficient (Wildman–Crippen LogP) is 2.60. The van der Waals surface area contributed by atoms with Gasteiger partial charge in [-0.25, -0.2) is 0 Å². The summed E-state index contributed by atoms with van der Waals surface area (Å²) in [5.74, 6) is -1.67. The van der Waals surface area contributed by atoms with Crippen molar-refractivity contribution in [3.05, 3.63) is 12.7 Å². The summed E-state index contributed by atoms with van der Waals surface area (Å²) in [7, 11) is 0. The number of hydrogen-bond acceptors (Lipinski definition) is 2. The van der Waals surface area contributed by atoms with Gasteiger partial charge in [0.25, 0.3) is 0 Å². The van der Waals surface area contributed by atoms with Crippen LogP contribution in [-0.2, 0) is 0 Å². The van der Waals surface area contributed by atoms with Gasteiger partial charge >= 0.3 is 0 Å². The fourth-order valence-corrected chi connectivity index (χ4v) is 2.18. The van der Waals surface area contributed by atoms with Gasteiger partial charge in [-0.1, -0.05) is 38.2 Å². The van der Waals surface area contributed by atoms with Gasteiger partial charge in [-0.3, -0.25) is 0 Å². The van der Waals surface area contributed by atoms with Crippen LogP contribution in [0.1, 0.15) is 51.4 Å². The molecule has 0 radical (unpaired) electrons. The maximum absolute atomic E-state index is 9.84. The molecule has 0 aliphatic heterocycles. The Kier molecular flexibility index (Phi) is 4.63. The highest BCUT2D eigenvalue weighted by Crippen LogP contribution is 2.29. The molecule has 0 aromatic rings. The molecule has 0 amide bonds. The van der Waals surface area contributed by atoms with E-state index in [1.54, 1.807) is 6.08 Å². The fraction of sp³-hybridized carbons (Fsp3) is 0.833. The quantitative estimate of drug-likeness (QED) is 0.502. The van der Waals surface area contributed by atoms with E-state index in [2.05, 4.69) is 6.58 Å². The number of rotatable bonds is 1. The first kappa shape index (κ1) is 11.7. The molecule has 0 heterocycles. The molecule has 2 nitrogen and oxygen atoms in total. The third kappa shape index (κ3) is 3.43. The van der Waals surface area contributed by atoms with Crippen LogP contribution in [0.15, 0.2) is 12.7 Å². The van der Waals surface area contributed by atoms with Gasteiger partial charge in [-0.05, 0) is 12.8 Å². The van der Waals surface area contributed by atoms with Crippen LogP contribution in [0.5, 0.6) is 0 Å². The Morgan fingerprint density at radius 3 is 2.21 bits per heavy atom. The lowest BCUT2D eigenvalue weighted by molar-refractivity contribution is -0.195. The van der Waals surface area contributed by atoms with Crippen molar-refractivity contribution in [2.45, 2.75) is 57.2 Å². The zero-order valence-electron chi connectivity index (χ0n) is 8.91. The van der Waals surface area contributed by atoms with Crippen molar-refractivity contribution in [1.29, 1.82) is 0 Å². The topological polar surface area (TPSA) is 40.5 Å². The second-order valence-electron chi connectivity index (χ2n) is 4.38. The summed E-state index contributed by atoms with van der Waals surface area (Å²) >= 11 is 0. The lowest BCUT2D eigenvalue weighted by Crippen LogP contribution is -2.36. The van der Waals surface area contributed by atoms with E-state index in [1.165, 1.54) is 19.3 Å². The van der Waals surface area contributed by atoms with Crippen LogP contribution in [0.3, 0.4) is 0 Å². The minimum Gasteiger partial charge on any atom is -0.365 e. The SMILES string of the molecule is C=CC1CCCCCCCCC1(O)O. The monoisotopic (exact) mass is 198 g/mol. The zero-order valence-corrected chi connectivity index (χ0v) is 8.91. The van der Waals surface area contributed by atoms with Crippen molar-refractivity contribution in [3.63, 3.8) is 0 Å². The molecular formula is C12H22O2. The largest absolute Gasteiger partial charge is 0.365 e. The third-order valence-electron chi connectivity index (χ3n) is 3.19. The highest BCUT2D eigenvalue weighted by atomic mass is 16.5. The van der Waals surface area contributed by atoms with Crippen LogP contribution in [0, 0.1) is 5.92 Å². The summed E-state index contributed by atoms with van der Waals surface area (Å²) in [5, 5.41) is 19.7. The van der Waals surface area contributed by atoms with Gasteiger partial charge in [0, 0.05) is 12.3 Å². The molecule has 0 spiro atoms. The van der Waals surface area contributed by atoms with E-state index in [4.69, 9.17) is 0 Å². The van der Waals surface area contributed by atoms with Crippen molar-refractivity contribution >= 4 is 0 Å². The second kappa shape index (κ2) is 5.52. The molecule has 1 saturated carbocycles. The molecule has 2 heteroatoms. The molecule has 82 valence electrons. The van der Waals surface area contributed by atoms with Crippen LogP contribution < -0.4 is 0 Å². The normalized spacial score (nSPS) is 29.4. The molecule has 0 aromatic heterocycles. The Hall–Kier alpha value is -0.340. The summed E-state index contributed by atoms with van der Waals surface area (Å²) in [5.41, 5.74) is 0. The van der Waals surface area contributed by atoms with Crippen molar-refractivity contribution in [3.8, 4) is 0 Å². The van der Waals surface area contributed by atoms with Crippen molar-refractivity contribution in [1.82, 2.24) is 0 Å². The molecule has 0 bridgehead atoms. The summed E-state index contributed by atoms with van der Waals surface area (Å²) in [6.45, 7) is 3.69. The molecule has 1 unspecified atom stereocenters. The van der Waals surface area contributed by atoms with Gasteiger partial charge in [0.2, 0.25) is 0 Å². The van der Waals surface area contributed by atoms with E-state index >= 15 is 0 Å². The number of aliphatic hydroxyl groups is 2. The van der Waals surface area contributed by atoms with E-state index in [-0.39, 0.29) is 5.92 Å².